The topological polar surface area (TPSA) is 244 Å². The quantitative estimate of drug-likeness (QED) is 0.0399. The summed E-state index contributed by atoms with van der Waals surface area (Å²) in [7, 11) is 0. The van der Waals surface area contributed by atoms with E-state index in [-0.39, 0.29) is 77.4 Å². The van der Waals surface area contributed by atoms with Crippen LogP contribution in [0, 0.1) is 0 Å². The number of piperidine rings is 2. The molecule has 0 saturated carbocycles. The van der Waals surface area contributed by atoms with E-state index in [9.17, 15) is 50.7 Å². The molecule has 3 aromatic heterocycles. The monoisotopic (exact) mass is 991 g/mol. The third kappa shape index (κ3) is 12.2. The highest BCUT2D eigenvalue weighted by Crippen LogP contribution is 2.34. The Hall–Kier alpha value is -7.64. The van der Waals surface area contributed by atoms with Crippen LogP contribution >= 0.6 is 0 Å². The fourth-order valence-corrected chi connectivity index (χ4v) is 8.10. The van der Waals surface area contributed by atoms with Crippen LogP contribution in [-0.4, -0.2) is 142 Å². The number of benzene rings is 2. The van der Waals surface area contributed by atoms with Gasteiger partial charge in [-0.05, 0) is 67.8 Å². The van der Waals surface area contributed by atoms with Crippen molar-refractivity contribution in [2.45, 2.75) is 50.4 Å². The molecule has 2 fully saturated rings. The van der Waals surface area contributed by atoms with Gasteiger partial charge in [0, 0.05) is 61.7 Å². The Balaban J connectivity index is 0.710. The molecule has 1 atom stereocenters. The number of pyridine rings is 1. The molecule has 71 heavy (non-hydrogen) atoms. The average molecular weight is 992 g/mol. The molecule has 374 valence electrons. The minimum atomic E-state index is -4.48. The summed E-state index contributed by atoms with van der Waals surface area (Å²) in [5, 5.41) is 16.8. The van der Waals surface area contributed by atoms with Crippen LogP contribution in [0.15, 0.2) is 77.7 Å². The molecule has 5 aromatic rings. The number of nitrogens with one attached hydrogen (secondary N) is 5. The molecule has 25 heteroatoms. The van der Waals surface area contributed by atoms with Crippen molar-refractivity contribution in [2.24, 2.45) is 0 Å². The summed E-state index contributed by atoms with van der Waals surface area (Å²) in [5.74, 6) is -3.77. The van der Waals surface area contributed by atoms with Gasteiger partial charge < -0.3 is 40.1 Å². The molecule has 0 aliphatic carbocycles. The number of hydrogen-bond donors (Lipinski definition) is 5. The van der Waals surface area contributed by atoms with Gasteiger partial charge in [-0.15, -0.1) is 0 Å². The number of anilines is 3. The van der Waals surface area contributed by atoms with E-state index in [0.29, 0.717) is 37.7 Å². The number of oxazole rings is 1. The lowest BCUT2D eigenvalue weighted by atomic mass is 10.0. The van der Waals surface area contributed by atoms with Crippen molar-refractivity contribution >= 4 is 52.6 Å². The average Bonchev–Trinajstić information content (AvgIpc) is 4.08. The molecule has 3 aliphatic rings. The highest BCUT2D eigenvalue weighted by Gasteiger charge is 2.46. The van der Waals surface area contributed by atoms with Gasteiger partial charge in [-0.2, -0.15) is 18.3 Å². The van der Waals surface area contributed by atoms with Crippen LogP contribution in [0.4, 0.5) is 39.1 Å². The first-order valence-electron chi connectivity index (χ1n) is 22.4. The van der Waals surface area contributed by atoms with E-state index < -0.39 is 66.3 Å². The fourth-order valence-electron chi connectivity index (χ4n) is 8.10. The number of alkyl halides is 5. The van der Waals surface area contributed by atoms with Crippen molar-refractivity contribution in [3.8, 4) is 17.1 Å². The Morgan fingerprint density at radius 1 is 0.901 bits per heavy atom. The molecule has 0 bridgehead atoms. The number of ether oxygens (including phenoxy) is 2. The lowest BCUT2D eigenvalue weighted by Gasteiger charge is -2.33. The number of halogens is 5. The van der Waals surface area contributed by atoms with Crippen LogP contribution in [0.2, 0.25) is 0 Å². The summed E-state index contributed by atoms with van der Waals surface area (Å²) in [5.41, 5.74) is 0.402. The smallest absolute Gasteiger partial charge is 0.405 e. The maximum Gasteiger partial charge on any atom is 0.405 e. The number of likely N-dealkylation sites (tertiary alicyclic amines) is 1. The summed E-state index contributed by atoms with van der Waals surface area (Å²) in [6.07, 6.45) is -2.54. The summed E-state index contributed by atoms with van der Waals surface area (Å²) in [6, 6.07) is 12.6. The van der Waals surface area contributed by atoms with Gasteiger partial charge >= 0.3 is 6.18 Å². The van der Waals surface area contributed by atoms with Gasteiger partial charge in [-0.1, -0.05) is 6.07 Å². The second-order valence-electron chi connectivity index (χ2n) is 16.5. The Morgan fingerprint density at radius 2 is 1.66 bits per heavy atom. The first-order valence-corrected chi connectivity index (χ1v) is 22.4. The maximum atomic E-state index is 14.0. The zero-order chi connectivity index (χ0) is 50.2. The third-order valence-corrected chi connectivity index (χ3v) is 11.7. The number of hydrogen-bond acceptors (Lipinski definition) is 15. The molecule has 5 N–H and O–H groups in total. The Labute approximate surface area is 400 Å². The molecule has 8 rings (SSSR count). The predicted molar refractivity (Wildman–Crippen MR) is 241 cm³/mol. The van der Waals surface area contributed by atoms with E-state index >= 15 is 0 Å². The van der Waals surface area contributed by atoms with E-state index in [1.165, 1.54) is 42.6 Å². The van der Waals surface area contributed by atoms with Crippen molar-refractivity contribution in [2.75, 3.05) is 75.1 Å². The van der Waals surface area contributed by atoms with Crippen molar-refractivity contribution < 1.29 is 64.6 Å². The first kappa shape index (κ1) is 49.8. The molecule has 1 unspecified atom stereocenters. The van der Waals surface area contributed by atoms with E-state index in [1.54, 1.807) is 18.2 Å². The minimum Gasteiger partial charge on any atom is -0.444 e. The first-order chi connectivity index (χ1) is 34.1. The van der Waals surface area contributed by atoms with E-state index in [2.05, 4.69) is 46.6 Å². The number of fused-ring (bicyclic) bond motifs is 1. The highest BCUT2D eigenvalue weighted by atomic mass is 19.4. The van der Waals surface area contributed by atoms with Gasteiger partial charge in [0.25, 0.3) is 30.1 Å². The minimum absolute atomic E-state index is 0.0445. The Morgan fingerprint density at radius 3 is 2.39 bits per heavy atom. The number of nitrogens with zero attached hydrogens (tertiary/aromatic N) is 6. The van der Waals surface area contributed by atoms with Crippen LogP contribution < -0.4 is 26.6 Å². The molecule has 0 radical (unpaired) electrons. The van der Waals surface area contributed by atoms with Crippen LogP contribution in [0.1, 0.15) is 79.4 Å². The van der Waals surface area contributed by atoms with Gasteiger partial charge in [-0.3, -0.25) is 39.0 Å². The number of rotatable bonds is 20. The Kier molecular flexibility index (Phi) is 15.4. The molecule has 6 amide bonds. The summed E-state index contributed by atoms with van der Waals surface area (Å²) in [4.78, 5) is 87.6. The molecular weight excluding hydrogens is 946 g/mol. The van der Waals surface area contributed by atoms with Crippen molar-refractivity contribution in [3.63, 3.8) is 0 Å². The number of imide groups is 2. The van der Waals surface area contributed by atoms with Gasteiger partial charge in [0.05, 0.1) is 55.1 Å². The predicted octanol–water partition coefficient (Wildman–Crippen LogP) is 4.83. The van der Waals surface area contributed by atoms with Gasteiger partial charge in [0.15, 0.2) is 11.4 Å². The van der Waals surface area contributed by atoms with E-state index in [0.717, 1.165) is 48.0 Å². The Bertz CT molecular complexity index is 2780. The molecule has 20 nitrogen and oxygen atoms in total. The standard InChI is InChI=1S/C46H46F5N11O9/c47-39(48)38-32(56-41(65)33-24-71-43(57-33)27-10-13-52-35(22-27)54-25-46(49,50)51)23-61(59-38)29-6-4-26(5-7-29)40(64)53-14-18-69-20-21-70-19-17-60-15-11-28(12-16-60)55-31-3-1-2-30-37(31)45(68)62(44(30)67)34-8-9-36(63)58-42(34)66/h1-7,10,13,22-24,28,34,39,55H,8-9,11-12,14-21,25H2,(H,52,54)(H,53,64)(H,56,65)(H,58,63,66). The highest BCUT2D eigenvalue weighted by molar-refractivity contribution is 6.25. The van der Waals surface area contributed by atoms with Crippen molar-refractivity contribution in [1.82, 2.24) is 40.2 Å². The number of carbonyl (C=O) groups is 6. The third-order valence-electron chi connectivity index (χ3n) is 11.7. The molecule has 0 spiro atoms. The van der Waals surface area contributed by atoms with Gasteiger partial charge in [0.2, 0.25) is 17.7 Å². The fraction of sp³-hybridized carbons (Fsp3) is 0.370. The van der Waals surface area contributed by atoms with Gasteiger partial charge in [0.1, 0.15) is 24.7 Å². The van der Waals surface area contributed by atoms with Crippen LogP contribution in [0.25, 0.3) is 17.1 Å². The van der Waals surface area contributed by atoms with E-state index in [4.69, 9.17) is 13.9 Å². The molecule has 6 heterocycles. The SMILES string of the molecule is O=C1CCC(N2C(=O)c3cccc(NC4CCN(CCOCCOCCNC(=O)c5ccc(-n6cc(NC(=O)c7coc(-c8ccnc(NCC(F)(F)F)c8)n7)c(C(F)F)n6)cc5)CC4)c3C2=O)C(=O)N1. The molecule has 3 aliphatic heterocycles. The summed E-state index contributed by atoms with van der Waals surface area (Å²) < 4.78 is 83.6. The second-order valence-corrected chi connectivity index (χ2v) is 16.5. The van der Waals surface area contributed by atoms with Crippen LogP contribution in [0.3, 0.4) is 0 Å². The molecular formula is C46H46F5N11O9. The second kappa shape index (κ2) is 22.0. The normalized spacial score (nSPS) is 16.6. The van der Waals surface area contributed by atoms with Crippen molar-refractivity contribution in [3.05, 3.63) is 101 Å². The van der Waals surface area contributed by atoms with Crippen LogP contribution in [0.5, 0.6) is 0 Å². The molecule has 2 saturated heterocycles. The number of aromatic nitrogens is 4. The van der Waals surface area contributed by atoms with Gasteiger partial charge in [-0.25, -0.2) is 23.4 Å². The number of carbonyl (C=O) groups excluding carboxylic acids is 6. The maximum absolute atomic E-state index is 14.0. The largest absolute Gasteiger partial charge is 0.444 e. The number of amides is 6. The van der Waals surface area contributed by atoms with Crippen LogP contribution in [-0.2, 0) is 19.1 Å². The zero-order valence-electron chi connectivity index (χ0n) is 37.6. The zero-order valence-corrected chi connectivity index (χ0v) is 37.6. The lowest BCUT2D eigenvalue weighted by molar-refractivity contribution is -0.136. The lowest BCUT2D eigenvalue weighted by Crippen LogP contribution is -2.54. The summed E-state index contributed by atoms with van der Waals surface area (Å²) in [6.45, 7) is 2.46. The molecule has 2 aromatic carbocycles. The van der Waals surface area contributed by atoms with E-state index in [1.807, 2.05) is 0 Å². The van der Waals surface area contributed by atoms with Crippen molar-refractivity contribution in [1.29, 1.82) is 0 Å². The summed E-state index contributed by atoms with van der Waals surface area (Å²) >= 11 is 0.